The Balaban J connectivity index is 2.54. The SMILES string of the molecule is C=C(O)[C@H]1CCCN(C(=O)OC(C)(C)C)C1. The molecule has 4 nitrogen and oxygen atoms in total. The number of aliphatic hydroxyl groups is 1. The highest BCUT2D eigenvalue weighted by atomic mass is 16.6. The summed E-state index contributed by atoms with van der Waals surface area (Å²) >= 11 is 0. The molecule has 1 aliphatic heterocycles. The Bertz CT molecular complexity index is 280. The average Bonchev–Trinajstić information content (AvgIpc) is 2.15. The van der Waals surface area contributed by atoms with Crippen molar-refractivity contribution in [3.8, 4) is 0 Å². The van der Waals surface area contributed by atoms with E-state index in [-0.39, 0.29) is 17.8 Å². The Morgan fingerprint density at radius 1 is 1.50 bits per heavy atom. The molecule has 0 aromatic carbocycles. The number of likely N-dealkylation sites (tertiary alicyclic amines) is 1. The van der Waals surface area contributed by atoms with Crippen molar-refractivity contribution < 1.29 is 14.6 Å². The lowest BCUT2D eigenvalue weighted by Crippen LogP contribution is -2.43. The van der Waals surface area contributed by atoms with Crippen LogP contribution in [0.5, 0.6) is 0 Å². The maximum atomic E-state index is 11.8. The summed E-state index contributed by atoms with van der Waals surface area (Å²) in [6.45, 7) is 10.3. The highest BCUT2D eigenvalue weighted by Crippen LogP contribution is 2.22. The van der Waals surface area contributed by atoms with Gasteiger partial charge < -0.3 is 14.7 Å². The third kappa shape index (κ3) is 3.76. The summed E-state index contributed by atoms with van der Waals surface area (Å²) in [5, 5.41) is 9.34. The Kier molecular flexibility index (Phi) is 3.83. The molecule has 1 aliphatic rings. The summed E-state index contributed by atoms with van der Waals surface area (Å²) in [7, 11) is 0. The number of nitrogens with zero attached hydrogens (tertiary/aromatic N) is 1. The van der Waals surface area contributed by atoms with Crippen LogP contribution in [0.25, 0.3) is 0 Å². The molecule has 16 heavy (non-hydrogen) atoms. The molecule has 0 bridgehead atoms. The minimum absolute atomic E-state index is 0.0127. The molecule has 0 aliphatic carbocycles. The first-order valence-electron chi connectivity index (χ1n) is 5.65. The zero-order valence-corrected chi connectivity index (χ0v) is 10.3. The molecule has 1 heterocycles. The smallest absolute Gasteiger partial charge is 0.410 e. The molecule has 1 rings (SSSR count). The molecule has 92 valence electrons. The van der Waals surface area contributed by atoms with E-state index < -0.39 is 5.60 Å². The topological polar surface area (TPSA) is 49.8 Å². The number of amides is 1. The molecule has 0 aromatic heterocycles. The van der Waals surface area contributed by atoms with Crippen LogP contribution in [0.4, 0.5) is 4.79 Å². The summed E-state index contributed by atoms with van der Waals surface area (Å²) in [6, 6.07) is 0. The van der Waals surface area contributed by atoms with Gasteiger partial charge >= 0.3 is 6.09 Å². The first kappa shape index (κ1) is 12.9. The number of piperidine rings is 1. The molecule has 0 saturated carbocycles. The first-order chi connectivity index (χ1) is 7.29. The van der Waals surface area contributed by atoms with Gasteiger partial charge in [0.1, 0.15) is 5.60 Å². The van der Waals surface area contributed by atoms with E-state index in [1.165, 1.54) is 0 Å². The van der Waals surface area contributed by atoms with Gasteiger partial charge in [0.05, 0.1) is 5.76 Å². The van der Waals surface area contributed by atoms with Crippen molar-refractivity contribution in [3.63, 3.8) is 0 Å². The third-order valence-electron chi connectivity index (χ3n) is 2.54. The molecule has 0 unspecified atom stereocenters. The van der Waals surface area contributed by atoms with Crippen LogP contribution in [0.3, 0.4) is 0 Å². The predicted molar refractivity (Wildman–Crippen MR) is 62.3 cm³/mol. The largest absolute Gasteiger partial charge is 0.513 e. The van der Waals surface area contributed by atoms with Crippen molar-refractivity contribution in [3.05, 3.63) is 12.3 Å². The zero-order valence-electron chi connectivity index (χ0n) is 10.3. The standard InChI is InChI=1S/C12H21NO3/c1-9(14)10-6-5-7-13(8-10)11(15)16-12(2,3)4/h10,14H,1,5-8H2,2-4H3/t10-/m0/s1. The Morgan fingerprint density at radius 3 is 2.62 bits per heavy atom. The summed E-state index contributed by atoms with van der Waals surface area (Å²) < 4.78 is 5.28. The van der Waals surface area contributed by atoms with E-state index >= 15 is 0 Å². The molecule has 0 aromatic rings. The van der Waals surface area contributed by atoms with Crippen LogP contribution in [0.1, 0.15) is 33.6 Å². The lowest BCUT2D eigenvalue weighted by Gasteiger charge is -2.33. The number of carbonyl (C=O) groups excluding carboxylic acids is 1. The summed E-state index contributed by atoms with van der Waals surface area (Å²) in [5.41, 5.74) is -0.472. The Labute approximate surface area is 96.9 Å². The van der Waals surface area contributed by atoms with Gasteiger partial charge in [-0.1, -0.05) is 6.58 Å². The summed E-state index contributed by atoms with van der Waals surface area (Å²) in [5.74, 6) is 0.148. The number of ether oxygens (including phenoxy) is 1. The first-order valence-corrected chi connectivity index (χ1v) is 5.65. The quantitative estimate of drug-likeness (QED) is 0.701. The zero-order chi connectivity index (χ0) is 12.3. The van der Waals surface area contributed by atoms with Crippen LogP contribution in [-0.2, 0) is 4.74 Å². The fourth-order valence-electron chi connectivity index (χ4n) is 1.74. The second kappa shape index (κ2) is 4.76. The fraction of sp³-hybridized carbons (Fsp3) is 0.750. The van der Waals surface area contributed by atoms with Gasteiger partial charge in [-0.05, 0) is 33.6 Å². The third-order valence-corrected chi connectivity index (χ3v) is 2.54. The maximum absolute atomic E-state index is 11.8. The predicted octanol–water partition coefficient (Wildman–Crippen LogP) is 2.71. The number of hydrogen-bond donors (Lipinski definition) is 1. The van der Waals surface area contributed by atoms with Crippen LogP contribution in [0.2, 0.25) is 0 Å². The maximum Gasteiger partial charge on any atom is 0.410 e. The van der Waals surface area contributed by atoms with E-state index in [0.717, 1.165) is 12.8 Å². The highest BCUT2D eigenvalue weighted by Gasteiger charge is 2.28. The van der Waals surface area contributed by atoms with Gasteiger partial charge in [-0.2, -0.15) is 0 Å². The molecule has 0 spiro atoms. The van der Waals surface area contributed by atoms with Crippen molar-refractivity contribution in [2.24, 2.45) is 5.92 Å². The van der Waals surface area contributed by atoms with E-state index in [4.69, 9.17) is 4.74 Å². The van der Waals surface area contributed by atoms with Crippen molar-refractivity contribution in [2.45, 2.75) is 39.2 Å². The van der Waals surface area contributed by atoms with E-state index in [9.17, 15) is 9.90 Å². The van der Waals surface area contributed by atoms with Gasteiger partial charge in [-0.3, -0.25) is 0 Å². The number of carbonyl (C=O) groups is 1. The molecule has 0 radical (unpaired) electrons. The normalized spacial score (nSPS) is 21.7. The summed E-state index contributed by atoms with van der Waals surface area (Å²) in [6.07, 6.45) is 1.46. The second-order valence-corrected chi connectivity index (χ2v) is 5.26. The number of aliphatic hydroxyl groups excluding tert-OH is 1. The molecular weight excluding hydrogens is 206 g/mol. The Morgan fingerprint density at radius 2 is 2.12 bits per heavy atom. The van der Waals surface area contributed by atoms with Crippen LogP contribution in [-0.4, -0.2) is 34.8 Å². The van der Waals surface area contributed by atoms with Crippen LogP contribution < -0.4 is 0 Å². The van der Waals surface area contributed by atoms with Crippen LogP contribution in [0, 0.1) is 5.92 Å². The van der Waals surface area contributed by atoms with Gasteiger partial charge in [0.15, 0.2) is 0 Å². The molecule has 1 amide bonds. The van der Waals surface area contributed by atoms with Crippen molar-refractivity contribution in [1.82, 2.24) is 4.90 Å². The monoisotopic (exact) mass is 227 g/mol. The van der Waals surface area contributed by atoms with Gasteiger partial charge in [-0.15, -0.1) is 0 Å². The van der Waals surface area contributed by atoms with Crippen molar-refractivity contribution in [1.29, 1.82) is 0 Å². The molecular formula is C12H21NO3. The fourth-order valence-corrected chi connectivity index (χ4v) is 1.74. The van der Waals surface area contributed by atoms with Gasteiger partial charge in [0, 0.05) is 19.0 Å². The van der Waals surface area contributed by atoms with Crippen molar-refractivity contribution in [2.75, 3.05) is 13.1 Å². The number of rotatable bonds is 1. The van der Waals surface area contributed by atoms with E-state index in [0.29, 0.717) is 13.1 Å². The molecule has 4 heteroatoms. The lowest BCUT2D eigenvalue weighted by atomic mass is 9.97. The molecule has 1 N–H and O–H groups in total. The molecule has 1 fully saturated rings. The van der Waals surface area contributed by atoms with Crippen LogP contribution >= 0.6 is 0 Å². The molecule has 1 atom stereocenters. The highest BCUT2D eigenvalue weighted by molar-refractivity contribution is 5.68. The Hall–Kier alpha value is -1.19. The lowest BCUT2D eigenvalue weighted by molar-refractivity contribution is 0.0166. The second-order valence-electron chi connectivity index (χ2n) is 5.26. The van der Waals surface area contributed by atoms with Gasteiger partial charge in [0.25, 0.3) is 0 Å². The van der Waals surface area contributed by atoms with Crippen molar-refractivity contribution >= 4 is 6.09 Å². The minimum atomic E-state index is -0.472. The molecule has 1 saturated heterocycles. The average molecular weight is 227 g/mol. The van der Waals surface area contributed by atoms with Crippen LogP contribution in [0.15, 0.2) is 12.3 Å². The van der Waals surface area contributed by atoms with E-state index in [2.05, 4.69) is 6.58 Å². The van der Waals surface area contributed by atoms with E-state index in [1.54, 1.807) is 4.90 Å². The summed E-state index contributed by atoms with van der Waals surface area (Å²) in [4.78, 5) is 13.4. The van der Waals surface area contributed by atoms with Gasteiger partial charge in [0.2, 0.25) is 0 Å². The van der Waals surface area contributed by atoms with Gasteiger partial charge in [-0.25, -0.2) is 4.79 Å². The number of hydrogen-bond acceptors (Lipinski definition) is 3. The van der Waals surface area contributed by atoms with E-state index in [1.807, 2.05) is 20.8 Å². The minimum Gasteiger partial charge on any atom is -0.513 e.